The van der Waals surface area contributed by atoms with E-state index in [2.05, 4.69) is 21.3 Å². The molecule has 5 rings (SSSR count). The Morgan fingerprint density at radius 1 is 1.08 bits per heavy atom. The van der Waals surface area contributed by atoms with Gasteiger partial charge in [0, 0.05) is 53.9 Å². The second kappa shape index (κ2) is 10.7. The van der Waals surface area contributed by atoms with Crippen molar-refractivity contribution in [3.8, 4) is 0 Å². The average Bonchev–Trinajstić information content (AvgIpc) is 3.51. The van der Waals surface area contributed by atoms with Crippen LogP contribution in [0.4, 0.5) is 24.5 Å². The third kappa shape index (κ3) is 5.91. The maximum Gasteiger partial charge on any atom is 0.416 e. The molecule has 0 saturated carbocycles. The number of fused-ring (bicyclic) bond motifs is 1. The molecule has 1 fully saturated rings. The smallest absolute Gasteiger partial charge is 0.391 e. The van der Waals surface area contributed by atoms with Gasteiger partial charge in [-0.2, -0.15) is 13.2 Å². The molecule has 39 heavy (non-hydrogen) atoms. The molecule has 1 saturated heterocycles. The highest BCUT2D eigenvalue weighted by molar-refractivity contribution is 5.83. The number of nitro benzene ring substituents is 1. The molecule has 1 aliphatic rings. The van der Waals surface area contributed by atoms with E-state index in [1.807, 2.05) is 24.4 Å². The monoisotopic (exact) mass is 538 g/mol. The summed E-state index contributed by atoms with van der Waals surface area (Å²) < 4.78 is 40.2. The first-order chi connectivity index (χ1) is 18.7. The Balaban J connectivity index is 1.40. The van der Waals surface area contributed by atoms with Crippen LogP contribution in [0.15, 0.2) is 72.9 Å². The highest BCUT2D eigenvalue weighted by atomic mass is 19.4. The molecular formula is C29H29F3N4O3. The fourth-order valence-corrected chi connectivity index (χ4v) is 5.57. The highest BCUT2D eigenvalue weighted by Gasteiger charge is 2.39. The second-order valence-corrected chi connectivity index (χ2v) is 10.3. The topological polar surface area (TPSA) is 94.4 Å². The summed E-state index contributed by atoms with van der Waals surface area (Å²) in [6.45, 7) is 2.09. The first-order valence-electron chi connectivity index (χ1n) is 12.7. The maximum absolute atomic E-state index is 13.4. The number of benzene rings is 3. The average molecular weight is 539 g/mol. The molecule has 1 aromatic heterocycles. The highest BCUT2D eigenvalue weighted by Crippen LogP contribution is 2.38. The zero-order chi connectivity index (χ0) is 27.6. The standard InChI is InChI=1S/C29H29F3N4O3/c30-29(31,32)23-5-3-4-20(12-23)14-28(18-34-24-9-8-21(17-37)27(13-24)36(38)39)10-11-35(19-28)16-22-15-33-26-7-2-1-6-25(22)26/h1-9,12-13,15,33-34,37H,10-11,14,16-19H2. The number of aliphatic hydroxyl groups is 1. The summed E-state index contributed by atoms with van der Waals surface area (Å²) in [5, 5.41) is 25.3. The number of rotatable bonds is 9. The number of alkyl halides is 3. The summed E-state index contributed by atoms with van der Waals surface area (Å²) >= 11 is 0. The zero-order valence-corrected chi connectivity index (χ0v) is 21.2. The minimum Gasteiger partial charge on any atom is -0.391 e. The Hall–Kier alpha value is -3.89. The first-order valence-corrected chi connectivity index (χ1v) is 12.7. The summed E-state index contributed by atoms with van der Waals surface area (Å²) in [7, 11) is 0. The van der Waals surface area contributed by atoms with Gasteiger partial charge in [0.05, 0.1) is 22.7 Å². The predicted octanol–water partition coefficient (Wildman–Crippen LogP) is 6.13. The van der Waals surface area contributed by atoms with Crippen LogP contribution in [0.5, 0.6) is 0 Å². The molecule has 1 aliphatic heterocycles. The molecule has 1 unspecified atom stereocenters. The number of H-pyrrole nitrogens is 1. The quantitative estimate of drug-likeness (QED) is 0.176. The lowest BCUT2D eigenvalue weighted by atomic mass is 9.80. The second-order valence-electron chi connectivity index (χ2n) is 10.3. The maximum atomic E-state index is 13.4. The van der Waals surface area contributed by atoms with Gasteiger partial charge in [-0.1, -0.05) is 36.4 Å². The van der Waals surface area contributed by atoms with Crippen LogP contribution in [0.3, 0.4) is 0 Å². The fourth-order valence-electron chi connectivity index (χ4n) is 5.57. The third-order valence-corrected chi connectivity index (χ3v) is 7.54. The van der Waals surface area contributed by atoms with Gasteiger partial charge in [0.1, 0.15) is 0 Å². The Bertz CT molecular complexity index is 1490. The first kappa shape index (κ1) is 26.7. The van der Waals surface area contributed by atoms with Gasteiger partial charge in [0.2, 0.25) is 0 Å². The van der Waals surface area contributed by atoms with Gasteiger partial charge in [0.15, 0.2) is 0 Å². The molecule has 3 aromatic carbocycles. The molecule has 4 aromatic rings. The van der Waals surface area contributed by atoms with E-state index in [-0.39, 0.29) is 11.3 Å². The van der Waals surface area contributed by atoms with E-state index < -0.39 is 28.7 Å². The van der Waals surface area contributed by atoms with E-state index in [1.165, 1.54) is 24.3 Å². The number of likely N-dealkylation sites (tertiary alicyclic amines) is 1. The number of nitrogens with one attached hydrogen (secondary N) is 2. The normalized spacial score (nSPS) is 18.1. The number of hydrogen-bond donors (Lipinski definition) is 3. The van der Waals surface area contributed by atoms with Crippen molar-refractivity contribution >= 4 is 22.3 Å². The molecule has 0 amide bonds. The predicted molar refractivity (Wildman–Crippen MR) is 143 cm³/mol. The van der Waals surface area contributed by atoms with Gasteiger partial charge in [-0.05, 0) is 54.8 Å². The number of nitro groups is 1. The van der Waals surface area contributed by atoms with E-state index in [4.69, 9.17) is 0 Å². The number of aromatic amines is 1. The van der Waals surface area contributed by atoms with Crippen molar-refractivity contribution in [2.75, 3.05) is 25.0 Å². The third-order valence-electron chi connectivity index (χ3n) is 7.54. The molecule has 10 heteroatoms. The van der Waals surface area contributed by atoms with Crippen molar-refractivity contribution in [2.45, 2.75) is 32.2 Å². The van der Waals surface area contributed by atoms with Crippen LogP contribution in [-0.2, 0) is 25.7 Å². The number of halogens is 3. The van der Waals surface area contributed by atoms with E-state index >= 15 is 0 Å². The van der Waals surface area contributed by atoms with Gasteiger partial charge >= 0.3 is 6.18 Å². The van der Waals surface area contributed by atoms with Crippen LogP contribution in [0.1, 0.15) is 28.7 Å². The van der Waals surface area contributed by atoms with Crippen LogP contribution in [0, 0.1) is 15.5 Å². The number of aromatic nitrogens is 1. The molecule has 0 spiro atoms. The van der Waals surface area contributed by atoms with Gasteiger partial charge < -0.3 is 15.4 Å². The van der Waals surface area contributed by atoms with Crippen LogP contribution >= 0.6 is 0 Å². The van der Waals surface area contributed by atoms with E-state index in [0.29, 0.717) is 37.3 Å². The Morgan fingerprint density at radius 3 is 2.67 bits per heavy atom. The van der Waals surface area contributed by atoms with E-state index in [0.717, 1.165) is 35.5 Å². The molecular weight excluding hydrogens is 509 g/mol. The zero-order valence-electron chi connectivity index (χ0n) is 21.2. The SMILES string of the molecule is O=[N+]([O-])c1cc(NCC2(Cc3cccc(C(F)(F)F)c3)CCN(Cc3c[nH]c4ccccc34)C2)ccc1CO. The Labute approximate surface area is 223 Å². The van der Waals surface area contributed by atoms with Crippen molar-refractivity contribution in [3.63, 3.8) is 0 Å². The lowest BCUT2D eigenvalue weighted by Gasteiger charge is -2.31. The van der Waals surface area contributed by atoms with Crippen molar-refractivity contribution in [2.24, 2.45) is 5.41 Å². The minimum atomic E-state index is -4.42. The molecule has 3 N–H and O–H groups in total. The lowest BCUT2D eigenvalue weighted by Crippen LogP contribution is -2.35. The number of para-hydroxylation sites is 1. The van der Waals surface area contributed by atoms with Gasteiger partial charge in [-0.25, -0.2) is 0 Å². The molecule has 204 valence electrons. The van der Waals surface area contributed by atoms with Crippen LogP contribution in [-0.4, -0.2) is 39.5 Å². The van der Waals surface area contributed by atoms with Gasteiger partial charge in [-0.15, -0.1) is 0 Å². The fraction of sp³-hybridized carbons (Fsp3) is 0.310. The largest absolute Gasteiger partial charge is 0.416 e. The van der Waals surface area contributed by atoms with Crippen molar-refractivity contribution in [1.82, 2.24) is 9.88 Å². The Kier molecular flexibility index (Phi) is 7.33. The number of anilines is 1. The van der Waals surface area contributed by atoms with E-state index in [1.54, 1.807) is 12.1 Å². The molecule has 7 nitrogen and oxygen atoms in total. The molecule has 2 heterocycles. The Morgan fingerprint density at radius 2 is 1.90 bits per heavy atom. The van der Waals surface area contributed by atoms with Crippen LogP contribution in [0.25, 0.3) is 10.9 Å². The van der Waals surface area contributed by atoms with Crippen LogP contribution < -0.4 is 5.32 Å². The van der Waals surface area contributed by atoms with E-state index in [9.17, 15) is 28.4 Å². The molecule has 0 aliphatic carbocycles. The van der Waals surface area contributed by atoms with Gasteiger partial charge in [-0.3, -0.25) is 15.0 Å². The van der Waals surface area contributed by atoms with Crippen molar-refractivity contribution < 1.29 is 23.2 Å². The summed E-state index contributed by atoms with van der Waals surface area (Å²) in [6, 6.07) is 18.1. The van der Waals surface area contributed by atoms with Crippen LogP contribution in [0.2, 0.25) is 0 Å². The number of aliphatic hydroxyl groups excluding tert-OH is 1. The number of hydrogen-bond acceptors (Lipinski definition) is 5. The molecule has 0 radical (unpaired) electrons. The summed E-state index contributed by atoms with van der Waals surface area (Å²) in [5.74, 6) is 0. The van der Waals surface area contributed by atoms with Crippen molar-refractivity contribution in [1.29, 1.82) is 0 Å². The minimum absolute atomic E-state index is 0.179. The summed E-state index contributed by atoms with van der Waals surface area (Å²) in [4.78, 5) is 16.5. The van der Waals surface area contributed by atoms with Gasteiger partial charge in [0.25, 0.3) is 5.69 Å². The summed E-state index contributed by atoms with van der Waals surface area (Å²) in [5.41, 5.74) is 2.30. The summed E-state index contributed by atoms with van der Waals surface area (Å²) in [6.07, 6.45) is -1.26. The molecule has 0 bridgehead atoms. The number of nitrogens with zero attached hydrogens (tertiary/aromatic N) is 2. The lowest BCUT2D eigenvalue weighted by molar-refractivity contribution is -0.385. The molecule has 1 atom stereocenters. The van der Waals surface area contributed by atoms with Crippen molar-refractivity contribution in [3.05, 3.63) is 105 Å².